The number of benzene rings is 1. The minimum atomic E-state index is -0.407. The number of hydrogen-bond donors (Lipinski definition) is 1. The number of ether oxygens (including phenoxy) is 1. The molecule has 27 heavy (non-hydrogen) atoms. The zero-order valence-corrected chi connectivity index (χ0v) is 17.3. The van der Waals surface area contributed by atoms with Crippen molar-refractivity contribution in [2.75, 3.05) is 11.9 Å². The van der Waals surface area contributed by atoms with Gasteiger partial charge in [-0.2, -0.15) is 0 Å². The molecule has 0 bridgehead atoms. The molecule has 1 amide bonds. The van der Waals surface area contributed by atoms with Gasteiger partial charge < -0.3 is 10.1 Å². The minimum absolute atomic E-state index is 0.272. The lowest BCUT2D eigenvalue weighted by molar-refractivity contribution is -0.119. The van der Waals surface area contributed by atoms with Crippen LogP contribution in [0.15, 0.2) is 18.2 Å². The van der Waals surface area contributed by atoms with Gasteiger partial charge in [-0.05, 0) is 68.7 Å². The van der Waals surface area contributed by atoms with E-state index in [0.29, 0.717) is 10.8 Å². The van der Waals surface area contributed by atoms with Gasteiger partial charge in [-0.25, -0.2) is 4.79 Å². The van der Waals surface area contributed by atoms with E-state index in [9.17, 15) is 9.59 Å². The van der Waals surface area contributed by atoms with Crippen LogP contribution >= 0.6 is 11.3 Å². The highest BCUT2D eigenvalue weighted by molar-refractivity contribution is 7.14. The lowest BCUT2D eigenvalue weighted by Gasteiger charge is -2.19. The molecule has 0 saturated heterocycles. The molecule has 1 N–H and O–H groups in total. The second-order valence-electron chi connectivity index (χ2n) is 7.47. The third-order valence-corrected chi connectivity index (χ3v) is 6.46. The van der Waals surface area contributed by atoms with Gasteiger partial charge in [0.15, 0.2) is 6.61 Å². The Morgan fingerprint density at radius 2 is 1.89 bits per heavy atom. The first-order chi connectivity index (χ1) is 12.9. The molecule has 0 radical (unpaired) electrons. The van der Waals surface area contributed by atoms with Crippen molar-refractivity contribution in [3.63, 3.8) is 0 Å². The molecule has 1 aromatic heterocycles. The summed E-state index contributed by atoms with van der Waals surface area (Å²) >= 11 is 1.51. The Hall–Kier alpha value is -2.14. The Bertz CT molecular complexity index is 845. The Labute approximate surface area is 164 Å². The van der Waals surface area contributed by atoms with E-state index in [1.807, 2.05) is 39.0 Å². The fraction of sp³-hybridized carbons (Fsp3) is 0.455. The number of fused-ring (bicyclic) bond motifs is 1. The number of rotatable bonds is 5. The Balaban J connectivity index is 1.58. The predicted octanol–water partition coefficient (Wildman–Crippen LogP) is 4.98. The first kappa shape index (κ1) is 19.6. The summed E-state index contributed by atoms with van der Waals surface area (Å²) in [4.78, 5) is 26.5. The fourth-order valence-electron chi connectivity index (χ4n) is 3.80. The summed E-state index contributed by atoms with van der Waals surface area (Å²) in [6.07, 6.45) is 4.45. The smallest absolute Gasteiger partial charge is 0.348 e. The van der Waals surface area contributed by atoms with E-state index < -0.39 is 5.97 Å². The molecule has 2 aromatic rings. The molecule has 4 nitrogen and oxygen atoms in total. The number of aryl methyl sites for hydroxylation is 4. The van der Waals surface area contributed by atoms with E-state index in [1.54, 1.807) is 0 Å². The summed E-state index contributed by atoms with van der Waals surface area (Å²) in [6.45, 7) is 7.89. The highest BCUT2D eigenvalue weighted by Gasteiger charge is 2.23. The number of amides is 1. The number of carbonyl (C=O) groups is 2. The quantitative estimate of drug-likeness (QED) is 0.738. The lowest BCUT2D eigenvalue weighted by atomic mass is 9.87. The monoisotopic (exact) mass is 385 g/mol. The Kier molecular flexibility index (Phi) is 6.00. The van der Waals surface area contributed by atoms with E-state index in [1.165, 1.54) is 34.6 Å². The number of carbonyl (C=O) groups excluding carboxylic acids is 2. The van der Waals surface area contributed by atoms with Crippen LogP contribution in [0, 0.1) is 26.7 Å². The third kappa shape index (κ3) is 4.59. The van der Waals surface area contributed by atoms with E-state index in [0.717, 1.165) is 35.2 Å². The summed E-state index contributed by atoms with van der Waals surface area (Å²) in [5.41, 5.74) is 5.23. The molecular weight excluding hydrogens is 358 g/mol. The Morgan fingerprint density at radius 3 is 2.56 bits per heavy atom. The average Bonchev–Trinajstić information content (AvgIpc) is 3.05. The molecule has 0 aliphatic heterocycles. The van der Waals surface area contributed by atoms with Gasteiger partial charge >= 0.3 is 5.97 Å². The molecule has 1 aliphatic carbocycles. The lowest BCUT2D eigenvalue weighted by Crippen LogP contribution is -2.21. The summed E-state index contributed by atoms with van der Waals surface area (Å²) in [7, 11) is 0. The standard InChI is InChI=1S/C22H27NO3S/c1-5-16-6-7-18-17(10-16)11-19(27-18)22(25)26-12-20(24)23-21-14(3)8-13(2)9-15(21)4/h8-9,11,16H,5-7,10,12H2,1-4H3,(H,23,24)/t16-/m1/s1. The van der Waals surface area contributed by atoms with Crippen LogP contribution in [-0.2, 0) is 22.4 Å². The fourth-order valence-corrected chi connectivity index (χ4v) is 4.91. The van der Waals surface area contributed by atoms with Gasteiger partial charge in [0.1, 0.15) is 4.88 Å². The number of anilines is 1. The van der Waals surface area contributed by atoms with Gasteiger partial charge in [0.05, 0.1) is 0 Å². The van der Waals surface area contributed by atoms with Crippen molar-refractivity contribution < 1.29 is 14.3 Å². The number of thiophene rings is 1. The highest BCUT2D eigenvalue weighted by Crippen LogP contribution is 2.33. The number of nitrogens with one attached hydrogen (secondary N) is 1. The van der Waals surface area contributed by atoms with Crippen LogP contribution in [0.1, 0.15) is 56.6 Å². The molecule has 0 fully saturated rings. The van der Waals surface area contributed by atoms with Crippen LogP contribution in [-0.4, -0.2) is 18.5 Å². The minimum Gasteiger partial charge on any atom is -0.451 e. The van der Waals surface area contributed by atoms with Crippen LogP contribution in [0.2, 0.25) is 0 Å². The van der Waals surface area contributed by atoms with Crippen molar-refractivity contribution in [2.24, 2.45) is 5.92 Å². The van der Waals surface area contributed by atoms with Crippen molar-refractivity contribution in [3.05, 3.63) is 50.2 Å². The van der Waals surface area contributed by atoms with Crippen molar-refractivity contribution in [2.45, 2.75) is 53.4 Å². The maximum atomic E-state index is 12.4. The molecule has 3 rings (SSSR count). The largest absolute Gasteiger partial charge is 0.451 e. The van der Waals surface area contributed by atoms with Crippen molar-refractivity contribution in [1.29, 1.82) is 0 Å². The summed E-state index contributed by atoms with van der Waals surface area (Å²) in [6, 6.07) is 6.00. The van der Waals surface area contributed by atoms with Gasteiger partial charge in [0, 0.05) is 10.6 Å². The summed E-state index contributed by atoms with van der Waals surface area (Å²) in [5.74, 6) is -0.0107. The molecule has 0 spiro atoms. The zero-order chi connectivity index (χ0) is 19.6. The maximum Gasteiger partial charge on any atom is 0.348 e. The molecule has 5 heteroatoms. The molecule has 1 aliphatic rings. The van der Waals surface area contributed by atoms with Gasteiger partial charge in [-0.15, -0.1) is 11.3 Å². The molecule has 1 atom stereocenters. The second-order valence-corrected chi connectivity index (χ2v) is 8.61. The van der Waals surface area contributed by atoms with E-state index in [2.05, 4.69) is 12.2 Å². The predicted molar refractivity (Wildman–Crippen MR) is 110 cm³/mol. The first-order valence-electron chi connectivity index (χ1n) is 9.53. The number of esters is 1. The van der Waals surface area contributed by atoms with Gasteiger partial charge in [0.2, 0.25) is 0 Å². The van der Waals surface area contributed by atoms with Crippen LogP contribution in [0.4, 0.5) is 5.69 Å². The number of hydrogen-bond acceptors (Lipinski definition) is 4. The highest BCUT2D eigenvalue weighted by atomic mass is 32.1. The molecule has 1 heterocycles. The Morgan fingerprint density at radius 1 is 1.19 bits per heavy atom. The van der Waals surface area contributed by atoms with E-state index in [-0.39, 0.29) is 12.5 Å². The van der Waals surface area contributed by atoms with Gasteiger partial charge in [-0.1, -0.05) is 31.0 Å². The third-order valence-electron chi connectivity index (χ3n) is 5.24. The average molecular weight is 386 g/mol. The molecule has 144 valence electrons. The second kappa shape index (κ2) is 8.26. The van der Waals surface area contributed by atoms with E-state index in [4.69, 9.17) is 4.74 Å². The van der Waals surface area contributed by atoms with Gasteiger partial charge in [-0.3, -0.25) is 4.79 Å². The van der Waals surface area contributed by atoms with Crippen LogP contribution in [0.5, 0.6) is 0 Å². The van der Waals surface area contributed by atoms with E-state index >= 15 is 0 Å². The molecule has 0 saturated carbocycles. The summed E-state index contributed by atoms with van der Waals surface area (Å²) < 4.78 is 5.26. The van der Waals surface area contributed by atoms with Crippen LogP contribution < -0.4 is 5.32 Å². The first-order valence-corrected chi connectivity index (χ1v) is 10.4. The van der Waals surface area contributed by atoms with Crippen molar-refractivity contribution >= 4 is 28.9 Å². The molecular formula is C22H27NO3S. The van der Waals surface area contributed by atoms with Crippen molar-refractivity contribution in [3.8, 4) is 0 Å². The normalized spacial score (nSPS) is 15.9. The van der Waals surface area contributed by atoms with Crippen LogP contribution in [0.3, 0.4) is 0 Å². The topological polar surface area (TPSA) is 55.4 Å². The van der Waals surface area contributed by atoms with Gasteiger partial charge in [0.25, 0.3) is 5.91 Å². The molecule has 1 aromatic carbocycles. The molecule has 0 unspecified atom stereocenters. The SMILES string of the molecule is CC[C@@H]1CCc2sc(C(=O)OCC(=O)Nc3c(C)cc(C)cc3C)cc2C1. The maximum absolute atomic E-state index is 12.4. The van der Waals surface area contributed by atoms with Crippen molar-refractivity contribution in [1.82, 2.24) is 0 Å². The summed E-state index contributed by atoms with van der Waals surface area (Å²) in [5, 5.41) is 2.86. The van der Waals surface area contributed by atoms with Crippen LogP contribution in [0.25, 0.3) is 0 Å². The zero-order valence-electron chi connectivity index (χ0n) is 16.5.